The molecule has 0 aliphatic heterocycles. The van der Waals surface area contributed by atoms with Gasteiger partial charge in [-0.1, -0.05) is 16.8 Å². The molecule has 0 bridgehead atoms. The van der Waals surface area contributed by atoms with Gasteiger partial charge in [-0.05, 0) is 43.3 Å². The van der Waals surface area contributed by atoms with Crippen LogP contribution in [0.5, 0.6) is 0 Å². The highest BCUT2D eigenvalue weighted by Gasteiger charge is 2.12. The van der Waals surface area contributed by atoms with Crippen LogP contribution in [0.4, 0.5) is 0 Å². The predicted molar refractivity (Wildman–Crippen MR) is 81.5 cm³/mol. The van der Waals surface area contributed by atoms with Crippen LogP contribution in [0, 0.1) is 6.92 Å². The van der Waals surface area contributed by atoms with E-state index in [1.165, 1.54) is 0 Å². The monoisotopic (exact) mass is 311 g/mol. The summed E-state index contributed by atoms with van der Waals surface area (Å²) in [6, 6.07) is 11.0. The molecule has 22 heavy (non-hydrogen) atoms. The van der Waals surface area contributed by atoms with Crippen LogP contribution in [-0.2, 0) is 0 Å². The topological polar surface area (TPSA) is 69.1 Å². The third-order valence-electron chi connectivity index (χ3n) is 3.35. The Morgan fingerprint density at radius 3 is 2.59 bits per heavy atom. The van der Waals surface area contributed by atoms with Crippen molar-refractivity contribution in [3.05, 3.63) is 53.4 Å². The summed E-state index contributed by atoms with van der Waals surface area (Å²) in [6.07, 6.45) is 1.89. The second-order valence-corrected chi connectivity index (χ2v) is 5.26. The lowest BCUT2D eigenvalue weighted by Crippen LogP contribution is -1.90. The standard InChI is InChI=1S/C15H10ClN5O/c1-9-18-19-13-7-4-11(8-21(9)13)14-17-15(22-20-14)10-2-5-12(16)6-3-10/h2-8H,1H3. The minimum atomic E-state index is 0.451. The Bertz CT molecular complexity index is 958. The quantitative estimate of drug-likeness (QED) is 0.567. The van der Waals surface area contributed by atoms with Gasteiger partial charge in [-0.25, -0.2) is 0 Å². The van der Waals surface area contributed by atoms with E-state index in [0.717, 1.165) is 22.6 Å². The molecule has 4 rings (SSSR count). The molecule has 0 saturated heterocycles. The summed E-state index contributed by atoms with van der Waals surface area (Å²) in [7, 11) is 0. The number of aromatic nitrogens is 5. The maximum absolute atomic E-state index is 5.88. The Morgan fingerprint density at radius 2 is 1.77 bits per heavy atom. The predicted octanol–water partition coefficient (Wildman–Crippen LogP) is 3.41. The van der Waals surface area contributed by atoms with Crippen LogP contribution in [0.3, 0.4) is 0 Å². The van der Waals surface area contributed by atoms with E-state index in [9.17, 15) is 0 Å². The van der Waals surface area contributed by atoms with Crippen molar-refractivity contribution in [3.63, 3.8) is 0 Å². The van der Waals surface area contributed by atoms with Crippen molar-refractivity contribution in [1.82, 2.24) is 24.7 Å². The van der Waals surface area contributed by atoms with Crippen molar-refractivity contribution < 1.29 is 4.52 Å². The van der Waals surface area contributed by atoms with E-state index in [2.05, 4.69) is 20.3 Å². The summed E-state index contributed by atoms with van der Waals surface area (Å²) >= 11 is 5.88. The van der Waals surface area contributed by atoms with Gasteiger partial charge in [0.1, 0.15) is 5.82 Å². The van der Waals surface area contributed by atoms with Gasteiger partial charge in [0.25, 0.3) is 5.89 Å². The lowest BCUT2D eigenvalue weighted by Gasteiger charge is -1.97. The van der Waals surface area contributed by atoms with Crippen molar-refractivity contribution in [2.24, 2.45) is 0 Å². The van der Waals surface area contributed by atoms with E-state index in [1.54, 1.807) is 12.1 Å². The summed E-state index contributed by atoms with van der Waals surface area (Å²) in [5.41, 5.74) is 2.44. The van der Waals surface area contributed by atoms with Gasteiger partial charge in [-0.15, -0.1) is 10.2 Å². The Labute approximate surface area is 130 Å². The van der Waals surface area contributed by atoms with Gasteiger partial charge >= 0.3 is 0 Å². The van der Waals surface area contributed by atoms with Gasteiger partial charge < -0.3 is 4.52 Å². The van der Waals surface area contributed by atoms with Crippen molar-refractivity contribution in [3.8, 4) is 22.8 Å². The zero-order chi connectivity index (χ0) is 15.1. The first kappa shape index (κ1) is 13.0. The fourth-order valence-corrected chi connectivity index (χ4v) is 2.31. The van der Waals surface area contributed by atoms with E-state index in [4.69, 9.17) is 16.1 Å². The largest absolute Gasteiger partial charge is 0.334 e. The highest BCUT2D eigenvalue weighted by molar-refractivity contribution is 6.30. The molecular weight excluding hydrogens is 302 g/mol. The number of halogens is 1. The molecule has 1 aromatic carbocycles. The molecule has 7 heteroatoms. The first-order valence-electron chi connectivity index (χ1n) is 6.62. The molecule has 4 aromatic rings. The fraction of sp³-hybridized carbons (Fsp3) is 0.0667. The second kappa shape index (κ2) is 4.92. The van der Waals surface area contributed by atoms with E-state index in [1.807, 2.05) is 41.8 Å². The van der Waals surface area contributed by atoms with Gasteiger partial charge in [0, 0.05) is 22.3 Å². The van der Waals surface area contributed by atoms with Gasteiger partial charge in [0.15, 0.2) is 5.65 Å². The summed E-state index contributed by atoms with van der Waals surface area (Å²) in [5, 5.41) is 12.8. The molecule has 0 radical (unpaired) electrons. The lowest BCUT2D eigenvalue weighted by molar-refractivity contribution is 0.432. The maximum Gasteiger partial charge on any atom is 0.258 e. The molecule has 0 atom stereocenters. The van der Waals surface area contributed by atoms with Crippen LogP contribution in [0.2, 0.25) is 5.02 Å². The summed E-state index contributed by atoms with van der Waals surface area (Å²) < 4.78 is 7.21. The average Bonchev–Trinajstić information content (AvgIpc) is 3.16. The minimum absolute atomic E-state index is 0.451. The van der Waals surface area contributed by atoms with Crippen molar-refractivity contribution in [2.45, 2.75) is 6.92 Å². The minimum Gasteiger partial charge on any atom is -0.334 e. The molecule has 0 fully saturated rings. The second-order valence-electron chi connectivity index (χ2n) is 4.82. The third-order valence-corrected chi connectivity index (χ3v) is 3.60. The van der Waals surface area contributed by atoms with Gasteiger partial charge in [-0.2, -0.15) is 4.98 Å². The molecule has 3 aromatic heterocycles. The van der Waals surface area contributed by atoms with Crippen LogP contribution in [0.15, 0.2) is 47.1 Å². The Kier molecular flexibility index (Phi) is 2.90. The average molecular weight is 312 g/mol. The van der Waals surface area contributed by atoms with Gasteiger partial charge in [0.05, 0.1) is 0 Å². The summed E-state index contributed by atoms with van der Waals surface area (Å²) in [5.74, 6) is 1.77. The molecule has 6 nitrogen and oxygen atoms in total. The van der Waals surface area contributed by atoms with E-state index in [0.29, 0.717) is 16.7 Å². The van der Waals surface area contributed by atoms with E-state index in [-0.39, 0.29) is 0 Å². The zero-order valence-electron chi connectivity index (χ0n) is 11.6. The third kappa shape index (κ3) is 2.14. The number of nitrogens with zero attached hydrogens (tertiary/aromatic N) is 5. The number of hydrogen-bond acceptors (Lipinski definition) is 5. The molecule has 108 valence electrons. The molecule has 0 amide bonds. The lowest BCUT2D eigenvalue weighted by atomic mass is 10.2. The van der Waals surface area contributed by atoms with Gasteiger partial charge in [0.2, 0.25) is 5.82 Å². The molecular formula is C15H10ClN5O. The number of pyridine rings is 1. The van der Waals surface area contributed by atoms with Crippen molar-refractivity contribution in [2.75, 3.05) is 0 Å². The molecule has 0 spiro atoms. The summed E-state index contributed by atoms with van der Waals surface area (Å²) in [4.78, 5) is 4.43. The van der Waals surface area contributed by atoms with E-state index < -0.39 is 0 Å². The highest BCUT2D eigenvalue weighted by atomic mass is 35.5. The van der Waals surface area contributed by atoms with E-state index >= 15 is 0 Å². The Balaban J connectivity index is 1.76. The van der Waals surface area contributed by atoms with Gasteiger partial charge in [-0.3, -0.25) is 4.40 Å². The highest BCUT2D eigenvalue weighted by Crippen LogP contribution is 2.23. The normalized spacial score (nSPS) is 11.2. The van der Waals surface area contributed by atoms with Crippen LogP contribution >= 0.6 is 11.6 Å². The molecule has 3 heterocycles. The molecule has 0 unspecified atom stereocenters. The maximum atomic E-state index is 5.88. The molecule has 0 aliphatic carbocycles. The van der Waals surface area contributed by atoms with Crippen LogP contribution in [0.25, 0.3) is 28.5 Å². The Hall–Kier alpha value is -2.73. The number of benzene rings is 1. The smallest absolute Gasteiger partial charge is 0.258 e. The molecule has 0 N–H and O–H groups in total. The van der Waals surface area contributed by atoms with Crippen molar-refractivity contribution >= 4 is 17.2 Å². The number of rotatable bonds is 2. The SMILES string of the molecule is Cc1nnc2ccc(-c3noc(-c4ccc(Cl)cc4)n3)cn12. The zero-order valence-corrected chi connectivity index (χ0v) is 12.3. The number of hydrogen-bond donors (Lipinski definition) is 0. The fourth-order valence-electron chi connectivity index (χ4n) is 2.19. The first-order chi connectivity index (χ1) is 10.7. The summed E-state index contributed by atoms with van der Waals surface area (Å²) in [6.45, 7) is 1.89. The number of aryl methyl sites for hydroxylation is 1. The van der Waals surface area contributed by atoms with Crippen LogP contribution in [-0.4, -0.2) is 24.7 Å². The first-order valence-corrected chi connectivity index (χ1v) is 7.00. The Morgan fingerprint density at radius 1 is 1.00 bits per heavy atom. The van der Waals surface area contributed by atoms with Crippen molar-refractivity contribution in [1.29, 1.82) is 0 Å². The van der Waals surface area contributed by atoms with Crippen LogP contribution < -0.4 is 0 Å². The van der Waals surface area contributed by atoms with Crippen LogP contribution in [0.1, 0.15) is 5.82 Å². The molecule has 0 aliphatic rings. The molecule has 0 saturated carbocycles. The number of fused-ring (bicyclic) bond motifs is 1.